The van der Waals surface area contributed by atoms with Crippen molar-refractivity contribution in [3.8, 4) is 0 Å². The predicted octanol–water partition coefficient (Wildman–Crippen LogP) is 3.42. The topological polar surface area (TPSA) is 86.8 Å². The first kappa shape index (κ1) is 22.1. The lowest BCUT2D eigenvalue weighted by Gasteiger charge is -2.18. The first-order valence-corrected chi connectivity index (χ1v) is 12.4. The Morgan fingerprint density at radius 3 is 2.34 bits per heavy atom. The number of amides is 2. The van der Waals surface area contributed by atoms with Crippen LogP contribution in [0.4, 0.5) is 11.4 Å². The van der Waals surface area contributed by atoms with Crippen molar-refractivity contribution in [2.45, 2.75) is 26.2 Å². The predicted molar refractivity (Wildman–Crippen MR) is 126 cm³/mol. The molecule has 4 rings (SSSR count). The third kappa shape index (κ3) is 4.70. The van der Waals surface area contributed by atoms with Crippen LogP contribution in [0.2, 0.25) is 0 Å². The van der Waals surface area contributed by atoms with E-state index < -0.39 is 10.0 Å². The van der Waals surface area contributed by atoms with E-state index in [0.29, 0.717) is 29.9 Å². The van der Waals surface area contributed by atoms with Gasteiger partial charge in [-0.3, -0.25) is 13.9 Å². The molecular formula is C24H27N3O4S. The number of carbonyl (C=O) groups excluding carboxylic acids is 2. The van der Waals surface area contributed by atoms with E-state index >= 15 is 0 Å². The van der Waals surface area contributed by atoms with Crippen molar-refractivity contribution in [1.29, 1.82) is 0 Å². The molecule has 0 aromatic heterocycles. The molecule has 0 atom stereocenters. The van der Waals surface area contributed by atoms with Crippen molar-refractivity contribution < 1.29 is 18.0 Å². The Kier molecular flexibility index (Phi) is 6.32. The zero-order chi connectivity index (χ0) is 22.7. The highest BCUT2D eigenvalue weighted by Crippen LogP contribution is 2.25. The minimum atomic E-state index is -3.21. The summed E-state index contributed by atoms with van der Waals surface area (Å²) in [6, 6.07) is 12.4. The third-order valence-corrected chi connectivity index (χ3v) is 7.79. The summed E-state index contributed by atoms with van der Waals surface area (Å²) in [5.74, 6) is -0.115. The highest BCUT2D eigenvalue weighted by Gasteiger charge is 2.28. The Bertz CT molecular complexity index is 1150. The monoisotopic (exact) mass is 453 g/mol. The van der Waals surface area contributed by atoms with Crippen molar-refractivity contribution in [2.24, 2.45) is 0 Å². The van der Waals surface area contributed by atoms with Crippen LogP contribution in [0.25, 0.3) is 6.08 Å². The van der Waals surface area contributed by atoms with Crippen molar-refractivity contribution in [2.75, 3.05) is 35.0 Å². The van der Waals surface area contributed by atoms with E-state index in [1.165, 1.54) is 10.4 Å². The summed E-state index contributed by atoms with van der Waals surface area (Å²) in [6.45, 7) is 3.90. The van der Waals surface area contributed by atoms with Crippen LogP contribution in [-0.4, -0.2) is 50.5 Å². The largest absolute Gasteiger partial charge is 0.339 e. The number of carbonyl (C=O) groups is 2. The second kappa shape index (κ2) is 9.16. The maximum absolute atomic E-state index is 12.7. The number of hydrogen-bond acceptors (Lipinski definition) is 4. The van der Waals surface area contributed by atoms with Gasteiger partial charge in [0.1, 0.15) is 0 Å². The number of nitrogens with zero attached hydrogens (tertiary/aromatic N) is 2. The molecule has 2 saturated heterocycles. The van der Waals surface area contributed by atoms with E-state index in [1.54, 1.807) is 48.5 Å². The summed E-state index contributed by atoms with van der Waals surface area (Å²) in [5, 5.41) is 2.85. The van der Waals surface area contributed by atoms with Crippen LogP contribution < -0.4 is 9.62 Å². The molecule has 168 valence electrons. The fourth-order valence-corrected chi connectivity index (χ4v) is 5.69. The van der Waals surface area contributed by atoms with Gasteiger partial charge in [0.2, 0.25) is 15.9 Å². The van der Waals surface area contributed by atoms with Gasteiger partial charge in [0, 0.05) is 37.0 Å². The van der Waals surface area contributed by atoms with Gasteiger partial charge in [-0.15, -0.1) is 0 Å². The average molecular weight is 454 g/mol. The molecule has 0 bridgehead atoms. The number of nitrogens with one attached hydrogen (secondary N) is 1. The van der Waals surface area contributed by atoms with E-state index in [0.717, 1.165) is 37.1 Å². The van der Waals surface area contributed by atoms with Crippen LogP contribution >= 0.6 is 0 Å². The number of rotatable bonds is 5. The fourth-order valence-electron chi connectivity index (χ4n) is 4.12. The Labute approximate surface area is 188 Å². The Morgan fingerprint density at radius 2 is 1.69 bits per heavy atom. The second-order valence-corrected chi connectivity index (χ2v) is 10.1. The molecular weight excluding hydrogens is 426 g/mol. The molecule has 0 aliphatic carbocycles. The summed E-state index contributed by atoms with van der Waals surface area (Å²) in [6.07, 6.45) is 5.79. The van der Waals surface area contributed by atoms with Crippen LogP contribution in [0.1, 0.15) is 40.7 Å². The van der Waals surface area contributed by atoms with Gasteiger partial charge >= 0.3 is 0 Å². The smallest absolute Gasteiger partial charge is 0.254 e. The molecule has 7 nitrogen and oxygen atoms in total. The molecule has 0 unspecified atom stereocenters. The molecule has 2 aromatic rings. The van der Waals surface area contributed by atoms with E-state index in [4.69, 9.17) is 0 Å². The quantitative estimate of drug-likeness (QED) is 0.703. The first-order valence-electron chi connectivity index (χ1n) is 10.8. The number of likely N-dealkylation sites (tertiary alicyclic amines) is 1. The minimum Gasteiger partial charge on any atom is -0.339 e. The molecule has 32 heavy (non-hydrogen) atoms. The van der Waals surface area contributed by atoms with Crippen molar-refractivity contribution in [3.63, 3.8) is 0 Å². The second-order valence-electron chi connectivity index (χ2n) is 8.13. The summed E-state index contributed by atoms with van der Waals surface area (Å²) < 4.78 is 25.5. The molecule has 0 radical (unpaired) electrons. The van der Waals surface area contributed by atoms with Crippen LogP contribution in [-0.2, 0) is 14.8 Å². The lowest BCUT2D eigenvalue weighted by atomic mass is 10.1. The summed E-state index contributed by atoms with van der Waals surface area (Å²) >= 11 is 0. The maximum Gasteiger partial charge on any atom is 0.254 e. The van der Waals surface area contributed by atoms with Gasteiger partial charge in [0.15, 0.2) is 0 Å². The highest BCUT2D eigenvalue weighted by atomic mass is 32.2. The van der Waals surface area contributed by atoms with Crippen molar-refractivity contribution >= 4 is 39.3 Å². The zero-order valence-corrected chi connectivity index (χ0v) is 18.9. The normalized spacial score (nSPS) is 17.8. The number of benzene rings is 2. The summed E-state index contributed by atoms with van der Waals surface area (Å²) in [4.78, 5) is 27.0. The molecule has 2 heterocycles. The van der Waals surface area contributed by atoms with Crippen LogP contribution in [0.15, 0.2) is 48.5 Å². The number of anilines is 2. The zero-order valence-electron chi connectivity index (χ0n) is 18.1. The van der Waals surface area contributed by atoms with E-state index in [-0.39, 0.29) is 17.6 Å². The molecule has 2 aliphatic heterocycles. The van der Waals surface area contributed by atoms with E-state index in [2.05, 4.69) is 5.32 Å². The molecule has 0 saturated carbocycles. The number of hydrogen-bond donors (Lipinski definition) is 1. The SMILES string of the molecule is Cc1c(NC(=O)/C=C/c2ccc(N3CCCS3(=O)=O)cc2)cccc1C(=O)N1CCCC1. The fraction of sp³-hybridized carbons (Fsp3) is 0.333. The van der Waals surface area contributed by atoms with Gasteiger partial charge < -0.3 is 10.2 Å². The molecule has 2 aromatic carbocycles. The average Bonchev–Trinajstić information content (AvgIpc) is 3.43. The number of sulfonamides is 1. The maximum atomic E-state index is 12.7. The van der Waals surface area contributed by atoms with Gasteiger partial charge in [-0.2, -0.15) is 0 Å². The van der Waals surface area contributed by atoms with Gasteiger partial charge in [-0.1, -0.05) is 18.2 Å². The highest BCUT2D eigenvalue weighted by molar-refractivity contribution is 7.93. The molecule has 2 aliphatic rings. The Hall–Kier alpha value is -3.13. The Balaban J connectivity index is 1.41. The van der Waals surface area contributed by atoms with E-state index in [1.807, 2.05) is 11.8 Å². The van der Waals surface area contributed by atoms with Gasteiger partial charge in [-0.25, -0.2) is 8.42 Å². The van der Waals surface area contributed by atoms with E-state index in [9.17, 15) is 18.0 Å². The van der Waals surface area contributed by atoms with Gasteiger partial charge in [0.25, 0.3) is 5.91 Å². The standard InChI is InChI=1S/C24H27N3O4S/c1-18-21(24(29)26-14-2-3-15-26)6-4-7-22(18)25-23(28)13-10-19-8-11-20(12-9-19)27-16-5-17-32(27,30)31/h4,6-13H,2-3,5,14-17H2,1H3,(H,25,28)/b13-10+. The van der Waals surface area contributed by atoms with Crippen molar-refractivity contribution in [3.05, 3.63) is 65.2 Å². The van der Waals surface area contributed by atoms with Gasteiger partial charge in [-0.05, 0) is 67.7 Å². The molecule has 0 spiro atoms. The summed E-state index contributed by atoms with van der Waals surface area (Å²) in [7, 11) is -3.21. The molecule has 2 amide bonds. The first-order chi connectivity index (χ1) is 15.3. The lowest BCUT2D eigenvalue weighted by Crippen LogP contribution is -2.28. The summed E-state index contributed by atoms with van der Waals surface area (Å²) in [5.41, 5.74) is 3.40. The molecule has 8 heteroatoms. The lowest BCUT2D eigenvalue weighted by molar-refractivity contribution is -0.111. The van der Waals surface area contributed by atoms with Crippen LogP contribution in [0, 0.1) is 6.92 Å². The van der Waals surface area contributed by atoms with Crippen LogP contribution in [0.5, 0.6) is 0 Å². The minimum absolute atomic E-state index is 0.00625. The van der Waals surface area contributed by atoms with Gasteiger partial charge in [0.05, 0.1) is 11.4 Å². The Morgan fingerprint density at radius 1 is 0.969 bits per heavy atom. The molecule has 1 N–H and O–H groups in total. The van der Waals surface area contributed by atoms with Crippen molar-refractivity contribution in [1.82, 2.24) is 4.90 Å². The third-order valence-electron chi connectivity index (χ3n) is 5.92. The van der Waals surface area contributed by atoms with Crippen LogP contribution in [0.3, 0.4) is 0 Å². The molecule has 2 fully saturated rings.